The Kier molecular flexibility index (Phi) is 14.7. The molecular weight excluding hydrogens is 972 g/mol. The van der Waals surface area contributed by atoms with Crippen molar-refractivity contribution in [3.05, 3.63) is 119 Å². The average Bonchev–Trinajstić information content (AvgIpc) is 3.76. The van der Waals surface area contributed by atoms with Crippen LogP contribution in [-0.4, -0.2) is 103 Å². The number of hydrogen-bond acceptors (Lipinski definition) is 14. The molecule has 21 heteroatoms. The van der Waals surface area contributed by atoms with E-state index in [1.165, 1.54) is 18.2 Å². The summed E-state index contributed by atoms with van der Waals surface area (Å²) in [6.45, 7) is 8.53. The molecule has 0 unspecified atom stereocenters. The first-order valence-corrected chi connectivity index (χ1v) is 24.7. The number of carbonyl (C=O) groups is 4. The van der Waals surface area contributed by atoms with Gasteiger partial charge in [0.15, 0.2) is 17.3 Å². The minimum atomic E-state index is -4.85. The highest BCUT2D eigenvalue weighted by Crippen LogP contribution is 2.43. The number of nitrogens with one attached hydrogen (secondary N) is 3. The monoisotopic (exact) mass is 1030 g/mol. The van der Waals surface area contributed by atoms with Crippen molar-refractivity contribution in [2.45, 2.75) is 52.6 Å². The molecule has 392 valence electrons. The Hall–Kier alpha value is -8.20. The predicted molar refractivity (Wildman–Crippen MR) is 278 cm³/mol. The zero-order valence-electron chi connectivity index (χ0n) is 42.2. The van der Waals surface area contributed by atoms with Crippen LogP contribution in [0.5, 0.6) is 11.5 Å². The molecule has 6 aromatic rings. The van der Waals surface area contributed by atoms with Gasteiger partial charge in [-0.15, -0.1) is 0 Å². The van der Waals surface area contributed by atoms with Crippen molar-refractivity contribution in [2.24, 2.45) is 17.1 Å². The molecule has 0 bridgehead atoms. The molecule has 4 aromatic carbocycles. The van der Waals surface area contributed by atoms with Gasteiger partial charge in [-0.3, -0.25) is 19.2 Å². The third kappa shape index (κ3) is 11.2. The number of piperidine rings is 1. The summed E-state index contributed by atoms with van der Waals surface area (Å²) in [5.41, 5.74) is 8.23. The van der Waals surface area contributed by atoms with E-state index in [1.807, 2.05) is 55.3 Å². The number of para-hydroxylation sites is 1. The van der Waals surface area contributed by atoms with Gasteiger partial charge in [-0.2, -0.15) is 23.3 Å². The first-order valence-electron chi connectivity index (χ1n) is 24.7. The van der Waals surface area contributed by atoms with Crippen LogP contribution in [0.15, 0.2) is 91.1 Å². The number of nitrogens with zero attached hydrogens (tertiary/aromatic N) is 7. The Bertz CT molecular complexity index is 3140. The van der Waals surface area contributed by atoms with E-state index in [-0.39, 0.29) is 60.7 Å². The molecule has 0 radical (unpaired) electrons. The van der Waals surface area contributed by atoms with Gasteiger partial charge in [0.25, 0.3) is 11.8 Å². The van der Waals surface area contributed by atoms with E-state index in [9.17, 15) is 32.3 Å². The lowest BCUT2D eigenvalue weighted by Crippen LogP contribution is -2.41. The molecule has 0 atom stereocenters. The number of anilines is 8. The summed E-state index contributed by atoms with van der Waals surface area (Å²) in [4.78, 5) is 66.9. The Morgan fingerprint density at radius 3 is 2.31 bits per heavy atom. The topological polar surface area (TPSA) is 211 Å². The van der Waals surface area contributed by atoms with E-state index >= 15 is 0 Å². The van der Waals surface area contributed by atoms with Crippen LogP contribution >= 0.6 is 0 Å². The van der Waals surface area contributed by atoms with Gasteiger partial charge < -0.3 is 50.6 Å². The van der Waals surface area contributed by atoms with Gasteiger partial charge in [-0.25, -0.2) is 9.67 Å². The van der Waals surface area contributed by atoms with Gasteiger partial charge in [-0.05, 0) is 98.3 Å². The van der Waals surface area contributed by atoms with Crippen LogP contribution in [0, 0.1) is 11.3 Å². The molecule has 3 aliphatic rings. The number of ether oxygens (including phenoxy) is 3. The molecule has 3 amide bonds. The number of hydrogen-bond donors (Lipinski definition) is 4. The van der Waals surface area contributed by atoms with Crippen LogP contribution in [0.25, 0.3) is 5.69 Å². The summed E-state index contributed by atoms with van der Waals surface area (Å²) in [5.74, 6) is 0.381. The molecular formula is C54H58F3N11O7. The maximum Gasteiger partial charge on any atom is 0.435 e. The van der Waals surface area contributed by atoms with Gasteiger partial charge in [0.2, 0.25) is 11.9 Å². The predicted octanol–water partition coefficient (Wildman–Crippen LogP) is 8.61. The van der Waals surface area contributed by atoms with Crippen molar-refractivity contribution in [3.63, 3.8) is 0 Å². The highest BCUT2D eigenvalue weighted by molar-refractivity contribution is 6.13. The smallest absolute Gasteiger partial charge is 0.435 e. The third-order valence-corrected chi connectivity index (χ3v) is 13.5. The molecule has 1 aliphatic carbocycles. The largest absolute Gasteiger partial charge is 0.492 e. The summed E-state index contributed by atoms with van der Waals surface area (Å²) in [7, 11) is 3.59. The number of Topliss-reactive ketones (excluding diaryl/α,β-unsaturated/α-hetero) is 1. The first kappa shape index (κ1) is 51.7. The number of benzene rings is 4. The highest BCUT2D eigenvalue weighted by Gasteiger charge is 2.45. The lowest BCUT2D eigenvalue weighted by molar-refractivity contribution is -0.141. The van der Waals surface area contributed by atoms with Crippen molar-refractivity contribution in [2.75, 3.05) is 85.5 Å². The number of alkyl halides is 3. The SMILES string of the molecule is CCOc1cc(N2CCC(C(=O)NCCOCCOc3ccc(Nc4ccc(-n5nc(C(F)(F)F)c6c5CC(C)(C)CC6=O)cc4C(N)=O)cc3)CC2)ccc1Nc1ncc2c(n1)N(C)c1ccccc1C(=O)N2C. The van der Waals surface area contributed by atoms with Crippen LogP contribution in [0.3, 0.4) is 0 Å². The van der Waals surface area contributed by atoms with Gasteiger partial charge in [0, 0.05) is 63.5 Å². The average molecular weight is 1030 g/mol. The lowest BCUT2D eigenvalue weighted by atomic mass is 9.75. The van der Waals surface area contributed by atoms with Crippen LogP contribution in [0.2, 0.25) is 0 Å². The maximum absolute atomic E-state index is 14.0. The Morgan fingerprint density at radius 2 is 1.57 bits per heavy atom. The van der Waals surface area contributed by atoms with Crippen molar-refractivity contribution in [3.8, 4) is 17.2 Å². The lowest BCUT2D eigenvalue weighted by Gasteiger charge is -2.33. The number of amides is 3. The number of fused-ring (bicyclic) bond motifs is 3. The molecule has 0 spiro atoms. The van der Waals surface area contributed by atoms with Crippen molar-refractivity contribution in [1.29, 1.82) is 0 Å². The van der Waals surface area contributed by atoms with Crippen molar-refractivity contribution >= 4 is 69.4 Å². The molecule has 1 fully saturated rings. The van der Waals surface area contributed by atoms with Crippen LogP contribution < -0.4 is 45.9 Å². The molecule has 5 N–H and O–H groups in total. The summed E-state index contributed by atoms with van der Waals surface area (Å²) in [6, 6.07) is 24.6. The second-order valence-corrected chi connectivity index (χ2v) is 19.4. The van der Waals surface area contributed by atoms with E-state index in [1.54, 1.807) is 62.3 Å². The molecule has 2 aromatic heterocycles. The van der Waals surface area contributed by atoms with E-state index in [4.69, 9.17) is 24.9 Å². The number of primary amides is 1. The Morgan fingerprint density at radius 1 is 0.840 bits per heavy atom. The fraction of sp³-hybridized carbons (Fsp3) is 0.352. The summed E-state index contributed by atoms with van der Waals surface area (Å²) in [6.07, 6.45) is -1.72. The number of nitrogens with two attached hydrogens (primary N) is 1. The van der Waals surface area contributed by atoms with Crippen LogP contribution in [0.4, 0.5) is 59.1 Å². The number of rotatable bonds is 17. The highest BCUT2D eigenvalue weighted by atomic mass is 19.4. The Balaban J connectivity index is 0.710. The number of aromatic nitrogens is 4. The fourth-order valence-electron chi connectivity index (χ4n) is 9.71. The zero-order valence-corrected chi connectivity index (χ0v) is 42.2. The van der Waals surface area contributed by atoms with Gasteiger partial charge in [0.1, 0.15) is 23.8 Å². The fourth-order valence-corrected chi connectivity index (χ4v) is 9.71. The summed E-state index contributed by atoms with van der Waals surface area (Å²) >= 11 is 0. The molecule has 0 saturated carbocycles. The van der Waals surface area contributed by atoms with Gasteiger partial charge >= 0.3 is 6.18 Å². The van der Waals surface area contributed by atoms with Crippen molar-refractivity contribution in [1.82, 2.24) is 25.1 Å². The van der Waals surface area contributed by atoms with Gasteiger partial charge in [-0.1, -0.05) is 26.0 Å². The second-order valence-electron chi connectivity index (χ2n) is 19.4. The molecule has 18 nitrogen and oxygen atoms in total. The minimum absolute atomic E-state index is 0.0140. The second kappa shape index (κ2) is 21.3. The molecule has 4 heterocycles. The van der Waals surface area contributed by atoms with E-state index in [0.717, 1.165) is 16.1 Å². The Labute approximate surface area is 431 Å². The maximum atomic E-state index is 14.0. The number of halogens is 3. The molecule has 9 rings (SSSR count). The van der Waals surface area contributed by atoms with Crippen LogP contribution in [0.1, 0.15) is 82.5 Å². The number of ketones is 1. The van der Waals surface area contributed by atoms with Crippen molar-refractivity contribution < 1.29 is 46.6 Å². The quantitative estimate of drug-likeness (QED) is 0.0631. The first-order chi connectivity index (χ1) is 35.9. The van der Waals surface area contributed by atoms with Crippen LogP contribution in [-0.2, 0) is 22.1 Å². The van der Waals surface area contributed by atoms with Gasteiger partial charge in [0.05, 0.1) is 71.2 Å². The minimum Gasteiger partial charge on any atom is -0.492 e. The summed E-state index contributed by atoms with van der Waals surface area (Å²) in [5, 5.41) is 13.3. The third-order valence-electron chi connectivity index (χ3n) is 13.5. The molecule has 75 heavy (non-hydrogen) atoms. The van der Waals surface area contributed by atoms with E-state index < -0.39 is 34.5 Å². The standard InChI is InChI=1S/C54H58F3N11O7/c1-6-74-45-28-34(13-18-40(45)62-52-60-31-43-49(63-52)65(4)41-10-8-7-9-37(41)51(72)66(43)5)67-22-19-32(20-23-67)50(71)59-21-24-73-25-26-75-36-15-11-33(12-16-36)61-39-17-14-35(27-38(39)48(58)70)68-42-29-53(2,3)30-44(69)46(42)47(64-68)54(55,56)57/h7-18,27-28,31-32,61H,6,19-26,29-30H2,1-5H3,(H2,58,70)(H,59,71)(H,60,62,63). The molecule has 2 aliphatic heterocycles. The molecule has 1 saturated heterocycles. The van der Waals surface area contributed by atoms with E-state index in [0.29, 0.717) is 97.3 Å². The zero-order chi connectivity index (χ0) is 53.2. The van der Waals surface area contributed by atoms with E-state index in [2.05, 4.69) is 30.9 Å². The summed E-state index contributed by atoms with van der Waals surface area (Å²) < 4.78 is 60.8. The normalized spacial score (nSPS) is 15.4. The number of carbonyl (C=O) groups excluding carboxylic acids is 4.